The van der Waals surface area contributed by atoms with Gasteiger partial charge in [-0.2, -0.15) is 5.10 Å². The standard InChI is InChI=1S/C20H21ClN4O2/c1-25-13-16(19(24-25)15-3-2-5-22-11-15)12-23-6-4-14-9-17(21)20-18(10-14)26-7-8-27-20/h2-3,5,9-11,13,23H,4,6-8,12H2,1H3. The Morgan fingerprint density at radius 3 is 3.00 bits per heavy atom. The number of benzene rings is 1. The summed E-state index contributed by atoms with van der Waals surface area (Å²) in [6, 6.07) is 7.90. The van der Waals surface area contributed by atoms with Crippen LogP contribution in [0.5, 0.6) is 11.5 Å². The molecule has 2 aromatic heterocycles. The van der Waals surface area contributed by atoms with Crippen LogP contribution in [0.1, 0.15) is 11.1 Å². The summed E-state index contributed by atoms with van der Waals surface area (Å²) in [7, 11) is 1.93. The molecule has 27 heavy (non-hydrogen) atoms. The molecule has 140 valence electrons. The van der Waals surface area contributed by atoms with E-state index < -0.39 is 0 Å². The van der Waals surface area contributed by atoms with Gasteiger partial charge in [0, 0.05) is 43.3 Å². The van der Waals surface area contributed by atoms with E-state index in [2.05, 4.69) is 15.4 Å². The van der Waals surface area contributed by atoms with Gasteiger partial charge in [-0.3, -0.25) is 9.67 Å². The number of rotatable bonds is 6. The van der Waals surface area contributed by atoms with Gasteiger partial charge in [-0.05, 0) is 42.8 Å². The number of nitrogens with one attached hydrogen (secondary N) is 1. The first-order valence-electron chi connectivity index (χ1n) is 8.92. The van der Waals surface area contributed by atoms with Crippen molar-refractivity contribution >= 4 is 11.6 Å². The van der Waals surface area contributed by atoms with Crippen LogP contribution >= 0.6 is 11.6 Å². The molecule has 1 aliphatic heterocycles. The summed E-state index contributed by atoms with van der Waals surface area (Å²) in [5, 5.41) is 8.66. The van der Waals surface area contributed by atoms with Gasteiger partial charge in [0.05, 0.1) is 10.7 Å². The number of hydrogen-bond acceptors (Lipinski definition) is 5. The molecular formula is C20H21ClN4O2. The van der Waals surface area contributed by atoms with E-state index in [1.807, 2.05) is 48.4 Å². The van der Waals surface area contributed by atoms with Gasteiger partial charge in [0.2, 0.25) is 0 Å². The molecule has 0 atom stereocenters. The van der Waals surface area contributed by atoms with Gasteiger partial charge in [-0.25, -0.2) is 0 Å². The van der Waals surface area contributed by atoms with Gasteiger partial charge >= 0.3 is 0 Å². The van der Waals surface area contributed by atoms with E-state index in [4.69, 9.17) is 21.1 Å². The summed E-state index contributed by atoms with van der Waals surface area (Å²) in [5.41, 5.74) is 4.25. The van der Waals surface area contributed by atoms with Crippen molar-refractivity contribution < 1.29 is 9.47 Å². The van der Waals surface area contributed by atoms with Crippen LogP contribution in [0, 0.1) is 0 Å². The lowest BCUT2D eigenvalue weighted by Crippen LogP contribution is -2.18. The fourth-order valence-corrected chi connectivity index (χ4v) is 3.47. The van der Waals surface area contributed by atoms with Crippen LogP contribution in [0.25, 0.3) is 11.3 Å². The van der Waals surface area contributed by atoms with Crippen LogP contribution in [0.4, 0.5) is 0 Å². The van der Waals surface area contributed by atoms with Crippen molar-refractivity contribution in [3.05, 3.63) is 59.0 Å². The molecule has 6 nitrogen and oxygen atoms in total. The third-order valence-corrected chi connectivity index (χ3v) is 4.68. The molecule has 0 spiro atoms. The van der Waals surface area contributed by atoms with Crippen LogP contribution in [0.2, 0.25) is 5.02 Å². The third kappa shape index (κ3) is 4.07. The minimum Gasteiger partial charge on any atom is -0.486 e. The van der Waals surface area contributed by atoms with Crippen LogP contribution in [0.3, 0.4) is 0 Å². The minimum absolute atomic E-state index is 0.540. The molecule has 7 heteroatoms. The van der Waals surface area contributed by atoms with Gasteiger partial charge in [-0.1, -0.05) is 11.6 Å². The molecule has 0 amide bonds. The molecule has 3 aromatic rings. The van der Waals surface area contributed by atoms with Gasteiger partial charge in [0.25, 0.3) is 0 Å². The average molecular weight is 385 g/mol. The fraction of sp³-hybridized carbons (Fsp3) is 0.300. The predicted molar refractivity (Wildman–Crippen MR) is 104 cm³/mol. The number of fused-ring (bicyclic) bond motifs is 1. The maximum absolute atomic E-state index is 6.31. The van der Waals surface area contributed by atoms with Crippen molar-refractivity contribution in [2.24, 2.45) is 7.05 Å². The van der Waals surface area contributed by atoms with Crippen molar-refractivity contribution in [1.82, 2.24) is 20.1 Å². The monoisotopic (exact) mass is 384 g/mol. The first kappa shape index (κ1) is 17.8. The topological polar surface area (TPSA) is 61.2 Å². The highest BCUT2D eigenvalue weighted by atomic mass is 35.5. The summed E-state index contributed by atoms with van der Waals surface area (Å²) in [6.07, 6.45) is 6.49. The molecule has 1 N–H and O–H groups in total. The Morgan fingerprint density at radius 1 is 1.26 bits per heavy atom. The van der Waals surface area contributed by atoms with E-state index in [1.165, 1.54) is 0 Å². The van der Waals surface area contributed by atoms with Crippen molar-refractivity contribution in [3.63, 3.8) is 0 Å². The number of aryl methyl sites for hydroxylation is 1. The average Bonchev–Trinajstić information content (AvgIpc) is 3.07. The molecule has 4 rings (SSSR count). The van der Waals surface area contributed by atoms with Crippen LogP contribution < -0.4 is 14.8 Å². The normalized spacial score (nSPS) is 13.0. The summed E-state index contributed by atoms with van der Waals surface area (Å²) in [6.45, 7) is 2.65. The second-order valence-electron chi connectivity index (χ2n) is 6.45. The van der Waals surface area contributed by atoms with Crippen molar-refractivity contribution in [1.29, 1.82) is 0 Å². The second kappa shape index (κ2) is 7.98. The lowest BCUT2D eigenvalue weighted by Gasteiger charge is -2.20. The summed E-state index contributed by atoms with van der Waals surface area (Å²) < 4.78 is 13.0. The first-order valence-corrected chi connectivity index (χ1v) is 9.30. The highest BCUT2D eigenvalue weighted by molar-refractivity contribution is 6.32. The van der Waals surface area contributed by atoms with Gasteiger partial charge < -0.3 is 14.8 Å². The molecule has 0 fully saturated rings. The summed E-state index contributed by atoms with van der Waals surface area (Å²) >= 11 is 6.31. The molecular weight excluding hydrogens is 364 g/mol. The zero-order valence-corrected chi connectivity index (χ0v) is 15.9. The number of ether oxygens (including phenoxy) is 2. The maximum atomic E-state index is 6.31. The fourth-order valence-electron chi connectivity index (χ4n) is 3.18. The summed E-state index contributed by atoms with van der Waals surface area (Å²) in [4.78, 5) is 4.19. The van der Waals surface area contributed by atoms with Crippen LogP contribution in [-0.4, -0.2) is 34.5 Å². The minimum atomic E-state index is 0.540. The summed E-state index contributed by atoms with van der Waals surface area (Å²) in [5.74, 6) is 1.38. The van der Waals surface area contributed by atoms with Crippen molar-refractivity contribution in [2.75, 3.05) is 19.8 Å². The van der Waals surface area contributed by atoms with Crippen LogP contribution in [-0.2, 0) is 20.0 Å². The van der Waals surface area contributed by atoms with Gasteiger partial charge in [0.15, 0.2) is 11.5 Å². The molecule has 0 saturated carbocycles. The second-order valence-corrected chi connectivity index (χ2v) is 6.85. The predicted octanol–water partition coefficient (Wildman–Crippen LogP) is 3.24. The van der Waals surface area contributed by atoms with Crippen molar-refractivity contribution in [3.8, 4) is 22.8 Å². The number of aromatic nitrogens is 3. The van der Waals surface area contributed by atoms with Gasteiger partial charge in [0.1, 0.15) is 13.2 Å². The Labute approximate surface area is 163 Å². The first-order chi connectivity index (χ1) is 13.2. The number of hydrogen-bond donors (Lipinski definition) is 1. The number of halogens is 1. The largest absolute Gasteiger partial charge is 0.486 e. The molecule has 0 aliphatic carbocycles. The smallest absolute Gasteiger partial charge is 0.179 e. The Hall–Kier alpha value is -2.57. The number of pyridine rings is 1. The molecule has 0 radical (unpaired) electrons. The zero-order valence-electron chi connectivity index (χ0n) is 15.1. The highest BCUT2D eigenvalue weighted by Gasteiger charge is 2.16. The van der Waals surface area contributed by atoms with E-state index in [0.29, 0.717) is 24.0 Å². The molecule has 0 bridgehead atoms. The van der Waals surface area contributed by atoms with E-state index in [-0.39, 0.29) is 0 Å². The van der Waals surface area contributed by atoms with Gasteiger partial charge in [-0.15, -0.1) is 0 Å². The Balaban J connectivity index is 1.38. The van der Waals surface area contributed by atoms with Crippen LogP contribution in [0.15, 0.2) is 42.9 Å². The highest BCUT2D eigenvalue weighted by Crippen LogP contribution is 2.38. The third-order valence-electron chi connectivity index (χ3n) is 4.40. The molecule has 3 heterocycles. The maximum Gasteiger partial charge on any atom is 0.179 e. The molecule has 1 aromatic carbocycles. The molecule has 0 saturated heterocycles. The van der Waals surface area contributed by atoms with E-state index in [9.17, 15) is 0 Å². The Kier molecular flexibility index (Phi) is 5.27. The lowest BCUT2D eigenvalue weighted by molar-refractivity contribution is 0.171. The SMILES string of the molecule is Cn1cc(CNCCc2cc(Cl)c3c(c2)OCCO3)c(-c2cccnc2)n1. The Bertz CT molecular complexity index is 927. The number of nitrogens with zero attached hydrogens (tertiary/aromatic N) is 3. The van der Waals surface area contributed by atoms with Crippen molar-refractivity contribution in [2.45, 2.75) is 13.0 Å². The zero-order chi connectivity index (χ0) is 18.6. The lowest BCUT2D eigenvalue weighted by atomic mass is 10.1. The van der Waals surface area contributed by atoms with E-state index in [0.717, 1.165) is 47.6 Å². The van der Waals surface area contributed by atoms with E-state index >= 15 is 0 Å². The molecule has 1 aliphatic rings. The van der Waals surface area contributed by atoms with E-state index in [1.54, 1.807) is 6.20 Å². The quantitative estimate of drug-likeness (QED) is 0.661. The Morgan fingerprint density at radius 2 is 2.15 bits per heavy atom. The molecule has 0 unspecified atom stereocenters.